The van der Waals surface area contributed by atoms with Gasteiger partial charge in [-0.05, 0) is 69.6 Å². The van der Waals surface area contributed by atoms with E-state index in [0.717, 1.165) is 24.9 Å². The van der Waals surface area contributed by atoms with Crippen LogP contribution in [0, 0.1) is 5.95 Å². The minimum atomic E-state index is -0.523. The molecule has 2 aromatic heterocycles. The molecule has 7 heteroatoms. The van der Waals surface area contributed by atoms with Gasteiger partial charge in [0.25, 0.3) is 0 Å². The van der Waals surface area contributed by atoms with E-state index in [9.17, 15) is 9.18 Å². The normalized spacial score (nSPS) is 14.7. The second kappa shape index (κ2) is 9.97. The van der Waals surface area contributed by atoms with Crippen molar-refractivity contribution in [2.75, 3.05) is 31.5 Å². The number of pyridine rings is 2. The molecule has 3 heterocycles. The zero-order chi connectivity index (χ0) is 18.9. The smallest absolute Gasteiger partial charge is 0.319 e. The number of carbonyl (C=O) groups is 1. The Morgan fingerprint density at radius 3 is 2.59 bits per heavy atom. The molecule has 1 aliphatic heterocycles. The molecule has 2 amide bonds. The van der Waals surface area contributed by atoms with E-state index in [4.69, 9.17) is 0 Å². The van der Waals surface area contributed by atoms with Crippen LogP contribution in [-0.2, 0) is 0 Å². The van der Waals surface area contributed by atoms with E-state index in [0.29, 0.717) is 17.9 Å². The second-order valence-corrected chi connectivity index (χ2v) is 6.79. The van der Waals surface area contributed by atoms with Crippen LogP contribution in [0.2, 0.25) is 0 Å². The Kier molecular flexibility index (Phi) is 7.10. The molecule has 0 aliphatic carbocycles. The number of piperidine rings is 1. The van der Waals surface area contributed by atoms with E-state index in [1.165, 1.54) is 44.6 Å². The van der Waals surface area contributed by atoms with Crippen molar-refractivity contribution >= 4 is 11.7 Å². The molecule has 0 unspecified atom stereocenters. The van der Waals surface area contributed by atoms with Crippen LogP contribution in [0.5, 0.6) is 0 Å². The quantitative estimate of drug-likeness (QED) is 0.575. The van der Waals surface area contributed by atoms with Crippen molar-refractivity contribution in [3.63, 3.8) is 0 Å². The largest absolute Gasteiger partial charge is 0.338 e. The lowest BCUT2D eigenvalue weighted by molar-refractivity contribution is 0.224. The second-order valence-electron chi connectivity index (χ2n) is 6.79. The number of nitrogens with zero attached hydrogens (tertiary/aromatic N) is 3. The van der Waals surface area contributed by atoms with Gasteiger partial charge in [0.15, 0.2) is 0 Å². The number of hydrogen-bond acceptors (Lipinski definition) is 4. The standard InChI is InChI=1S/C20H26FN5O/c21-19-9-6-16(14-24-19)18-8-7-17(15-23-18)25-20(27)22-10-2-5-13-26-11-3-1-4-12-26/h6-9,14-15H,1-5,10-13H2,(H2,22,25,27). The number of amides is 2. The van der Waals surface area contributed by atoms with E-state index in [1.54, 1.807) is 24.4 Å². The monoisotopic (exact) mass is 371 g/mol. The summed E-state index contributed by atoms with van der Waals surface area (Å²) in [5, 5.41) is 5.64. The maximum atomic E-state index is 12.9. The summed E-state index contributed by atoms with van der Waals surface area (Å²) in [4.78, 5) is 22.4. The number of carbonyl (C=O) groups excluding carboxylic acids is 1. The number of rotatable bonds is 7. The van der Waals surface area contributed by atoms with Gasteiger partial charge < -0.3 is 15.5 Å². The third-order valence-corrected chi connectivity index (χ3v) is 4.68. The predicted molar refractivity (Wildman–Crippen MR) is 104 cm³/mol. The van der Waals surface area contributed by atoms with Gasteiger partial charge in [-0.15, -0.1) is 0 Å². The van der Waals surface area contributed by atoms with Crippen LogP contribution in [0.15, 0.2) is 36.7 Å². The molecular formula is C20H26FN5O. The summed E-state index contributed by atoms with van der Waals surface area (Å²) in [6.45, 7) is 4.20. The molecule has 1 aliphatic rings. The fourth-order valence-corrected chi connectivity index (χ4v) is 3.19. The summed E-state index contributed by atoms with van der Waals surface area (Å²) in [5.74, 6) is -0.523. The lowest BCUT2D eigenvalue weighted by Crippen LogP contribution is -2.32. The number of urea groups is 1. The van der Waals surface area contributed by atoms with Crippen LogP contribution in [0.25, 0.3) is 11.3 Å². The summed E-state index contributed by atoms with van der Waals surface area (Å²) >= 11 is 0. The van der Waals surface area contributed by atoms with E-state index in [-0.39, 0.29) is 6.03 Å². The first-order valence-electron chi connectivity index (χ1n) is 9.56. The zero-order valence-corrected chi connectivity index (χ0v) is 15.5. The van der Waals surface area contributed by atoms with Gasteiger partial charge in [0.1, 0.15) is 0 Å². The third-order valence-electron chi connectivity index (χ3n) is 4.68. The first-order valence-corrected chi connectivity index (χ1v) is 9.56. The molecule has 0 saturated carbocycles. The van der Waals surface area contributed by atoms with Crippen LogP contribution < -0.4 is 10.6 Å². The third kappa shape index (κ3) is 6.29. The average molecular weight is 371 g/mol. The summed E-state index contributed by atoms with van der Waals surface area (Å²) in [6, 6.07) is 6.21. The molecule has 2 N–H and O–H groups in total. The Morgan fingerprint density at radius 2 is 1.89 bits per heavy atom. The van der Waals surface area contributed by atoms with Crippen molar-refractivity contribution in [1.29, 1.82) is 0 Å². The first kappa shape index (κ1) is 19.2. The maximum absolute atomic E-state index is 12.9. The predicted octanol–water partition coefficient (Wildman–Crippen LogP) is 3.67. The lowest BCUT2D eigenvalue weighted by Gasteiger charge is -2.26. The van der Waals surface area contributed by atoms with Crippen molar-refractivity contribution in [3.8, 4) is 11.3 Å². The highest BCUT2D eigenvalue weighted by Gasteiger charge is 2.09. The zero-order valence-electron chi connectivity index (χ0n) is 15.5. The number of unbranched alkanes of at least 4 members (excludes halogenated alkanes) is 1. The lowest BCUT2D eigenvalue weighted by atomic mass is 10.1. The topological polar surface area (TPSA) is 70.2 Å². The van der Waals surface area contributed by atoms with Crippen molar-refractivity contribution in [1.82, 2.24) is 20.2 Å². The molecule has 3 rings (SSSR count). The first-order chi connectivity index (χ1) is 13.2. The fourth-order valence-electron chi connectivity index (χ4n) is 3.19. The van der Waals surface area contributed by atoms with Crippen LogP contribution in [-0.4, -0.2) is 47.1 Å². The number of aromatic nitrogens is 2. The molecule has 1 saturated heterocycles. The molecule has 6 nitrogen and oxygen atoms in total. The minimum absolute atomic E-state index is 0.231. The van der Waals surface area contributed by atoms with Gasteiger partial charge in [0.05, 0.1) is 17.6 Å². The fraction of sp³-hybridized carbons (Fsp3) is 0.450. The molecule has 1 fully saturated rings. The van der Waals surface area contributed by atoms with Crippen molar-refractivity contribution in [3.05, 3.63) is 42.6 Å². The van der Waals surface area contributed by atoms with E-state index in [2.05, 4.69) is 25.5 Å². The molecule has 2 aromatic rings. The number of hydrogen-bond donors (Lipinski definition) is 2. The molecule has 0 radical (unpaired) electrons. The highest BCUT2D eigenvalue weighted by Crippen LogP contribution is 2.17. The summed E-state index contributed by atoms with van der Waals surface area (Å²) < 4.78 is 12.9. The van der Waals surface area contributed by atoms with Gasteiger partial charge >= 0.3 is 6.03 Å². The van der Waals surface area contributed by atoms with Gasteiger partial charge in [-0.25, -0.2) is 9.78 Å². The number of anilines is 1. The molecule has 0 spiro atoms. The van der Waals surface area contributed by atoms with Crippen molar-refractivity contribution in [2.24, 2.45) is 0 Å². The Bertz CT molecular complexity index is 714. The molecular weight excluding hydrogens is 345 g/mol. The van der Waals surface area contributed by atoms with Crippen molar-refractivity contribution in [2.45, 2.75) is 32.1 Å². The van der Waals surface area contributed by atoms with Crippen LogP contribution in [0.3, 0.4) is 0 Å². The Hall–Kier alpha value is -2.54. The molecule has 0 aromatic carbocycles. The summed E-state index contributed by atoms with van der Waals surface area (Å²) in [6.07, 6.45) is 9.06. The van der Waals surface area contributed by atoms with Crippen molar-refractivity contribution < 1.29 is 9.18 Å². The van der Waals surface area contributed by atoms with Gasteiger partial charge in [-0.2, -0.15) is 4.39 Å². The Balaban J connectivity index is 1.35. The molecule has 27 heavy (non-hydrogen) atoms. The van der Waals surface area contributed by atoms with Crippen LogP contribution in [0.1, 0.15) is 32.1 Å². The highest BCUT2D eigenvalue weighted by atomic mass is 19.1. The van der Waals surface area contributed by atoms with Gasteiger partial charge in [0.2, 0.25) is 5.95 Å². The van der Waals surface area contributed by atoms with Gasteiger partial charge in [0, 0.05) is 18.3 Å². The number of halogens is 1. The van der Waals surface area contributed by atoms with E-state index in [1.807, 2.05) is 0 Å². The molecule has 144 valence electrons. The summed E-state index contributed by atoms with van der Waals surface area (Å²) in [5.41, 5.74) is 2.01. The molecule has 0 atom stereocenters. The molecule has 0 bridgehead atoms. The Labute approximate surface area is 159 Å². The average Bonchev–Trinajstić information content (AvgIpc) is 2.70. The minimum Gasteiger partial charge on any atom is -0.338 e. The summed E-state index contributed by atoms with van der Waals surface area (Å²) in [7, 11) is 0. The highest BCUT2D eigenvalue weighted by molar-refractivity contribution is 5.89. The van der Waals surface area contributed by atoms with E-state index >= 15 is 0 Å². The van der Waals surface area contributed by atoms with Gasteiger partial charge in [-0.3, -0.25) is 4.98 Å². The SMILES string of the molecule is O=C(NCCCCN1CCCCC1)Nc1ccc(-c2ccc(F)nc2)nc1. The van der Waals surface area contributed by atoms with Gasteiger partial charge in [-0.1, -0.05) is 6.42 Å². The maximum Gasteiger partial charge on any atom is 0.319 e. The van der Waals surface area contributed by atoms with E-state index < -0.39 is 5.95 Å². The Morgan fingerprint density at radius 1 is 1.04 bits per heavy atom. The number of likely N-dealkylation sites (tertiary alicyclic amines) is 1. The van der Waals surface area contributed by atoms with Crippen LogP contribution >= 0.6 is 0 Å². The van der Waals surface area contributed by atoms with Crippen LogP contribution in [0.4, 0.5) is 14.9 Å². The number of nitrogens with one attached hydrogen (secondary N) is 2.